The van der Waals surface area contributed by atoms with Crippen molar-refractivity contribution in [3.8, 4) is 0 Å². The number of benzene rings is 2. The highest BCUT2D eigenvalue weighted by atomic mass is 35.5. The molecule has 31 heavy (non-hydrogen) atoms. The smallest absolute Gasteiger partial charge is 0.234 e. The summed E-state index contributed by atoms with van der Waals surface area (Å²) < 4.78 is 0. The zero-order valence-electron chi connectivity index (χ0n) is 17.0. The number of rotatable bonds is 4. The van der Waals surface area contributed by atoms with Crippen molar-refractivity contribution in [1.82, 2.24) is 20.8 Å². The van der Waals surface area contributed by atoms with Crippen LogP contribution in [-0.2, 0) is 4.79 Å². The summed E-state index contributed by atoms with van der Waals surface area (Å²) in [4.78, 5) is 14.5. The normalized spacial score (nSPS) is 23.8. The van der Waals surface area contributed by atoms with E-state index in [4.69, 9.17) is 11.6 Å². The average molecular weight is 455 g/mol. The first-order valence-corrected chi connectivity index (χ1v) is 11.5. The highest BCUT2D eigenvalue weighted by molar-refractivity contribution is 8.14. The third-order valence-corrected chi connectivity index (χ3v) is 6.95. The van der Waals surface area contributed by atoms with Crippen LogP contribution in [0.2, 0.25) is 5.02 Å². The van der Waals surface area contributed by atoms with Crippen molar-refractivity contribution < 1.29 is 4.79 Å². The van der Waals surface area contributed by atoms with Crippen LogP contribution in [0.15, 0.2) is 66.0 Å². The van der Waals surface area contributed by atoms with Gasteiger partial charge in [-0.2, -0.15) is 5.10 Å². The Labute approximate surface area is 190 Å². The molecule has 0 spiro atoms. The number of nitrogens with zero attached hydrogens (tertiary/aromatic N) is 3. The second kappa shape index (κ2) is 8.45. The van der Waals surface area contributed by atoms with E-state index in [0.717, 1.165) is 27.9 Å². The zero-order valence-corrected chi connectivity index (χ0v) is 18.5. The summed E-state index contributed by atoms with van der Waals surface area (Å²) >= 11 is 7.46. The standard InChI is InChI=1S/C22H23ClN6OS/c1-14-4-2-3-5-17(14)24-20(30)13-31-22-26-25-21-19-12-18(15-6-8-16(23)9-7-15)27-29(19)11-10-28(21)22/h2-11,18-19,21,25,27H,12-13H2,1H3,(H,24,30). The molecule has 7 nitrogen and oxygen atoms in total. The molecule has 3 aliphatic heterocycles. The predicted molar refractivity (Wildman–Crippen MR) is 125 cm³/mol. The van der Waals surface area contributed by atoms with Gasteiger partial charge in [0, 0.05) is 23.1 Å². The SMILES string of the molecule is Cc1ccccc1NC(=O)CSC1=NNC2C3CC(c4ccc(Cl)cc4)NN3C=CN12. The second-order valence-electron chi connectivity index (χ2n) is 7.77. The Morgan fingerprint density at radius 2 is 2.03 bits per heavy atom. The Morgan fingerprint density at radius 3 is 2.84 bits per heavy atom. The summed E-state index contributed by atoms with van der Waals surface area (Å²) in [7, 11) is 0. The summed E-state index contributed by atoms with van der Waals surface area (Å²) in [5.74, 6) is 0.254. The number of aryl methyl sites for hydroxylation is 1. The molecule has 2 aromatic carbocycles. The van der Waals surface area contributed by atoms with E-state index >= 15 is 0 Å². The fourth-order valence-electron chi connectivity index (χ4n) is 4.09. The molecule has 160 valence electrons. The number of hydrazone groups is 1. The van der Waals surface area contributed by atoms with Gasteiger partial charge in [-0.05, 0) is 42.7 Å². The number of hydrogen-bond acceptors (Lipinski definition) is 7. The van der Waals surface area contributed by atoms with Crippen molar-refractivity contribution in [2.75, 3.05) is 11.1 Å². The highest BCUT2D eigenvalue weighted by Crippen LogP contribution is 2.35. The van der Waals surface area contributed by atoms with Gasteiger partial charge >= 0.3 is 0 Å². The quantitative estimate of drug-likeness (QED) is 0.655. The Hall–Kier alpha value is -2.68. The number of amidine groups is 1. The number of para-hydroxylation sites is 1. The maximum atomic E-state index is 12.4. The van der Waals surface area contributed by atoms with Gasteiger partial charge in [-0.25, -0.2) is 5.43 Å². The van der Waals surface area contributed by atoms with Crippen LogP contribution in [-0.4, -0.2) is 38.9 Å². The first-order valence-electron chi connectivity index (χ1n) is 10.2. The van der Waals surface area contributed by atoms with Crippen molar-refractivity contribution in [3.05, 3.63) is 77.1 Å². The Bertz CT molecular complexity index is 1040. The molecule has 1 saturated heterocycles. The molecule has 1 amide bonds. The molecule has 9 heteroatoms. The van der Waals surface area contributed by atoms with Gasteiger partial charge in [0.25, 0.3) is 0 Å². The summed E-state index contributed by atoms with van der Waals surface area (Å²) in [5.41, 5.74) is 9.90. The number of hydrazine groups is 1. The lowest BCUT2D eigenvalue weighted by Crippen LogP contribution is -2.54. The van der Waals surface area contributed by atoms with Crippen LogP contribution < -0.4 is 16.2 Å². The lowest BCUT2D eigenvalue weighted by atomic mass is 10.00. The van der Waals surface area contributed by atoms with Gasteiger partial charge in [0.05, 0.1) is 17.8 Å². The lowest BCUT2D eigenvalue weighted by Gasteiger charge is -2.36. The summed E-state index contributed by atoms with van der Waals surface area (Å²) in [6, 6.07) is 16.2. The molecule has 0 radical (unpaired) electrons. The lowest BCUT2D eigenvalue weighted by molar-refractivity contribution is -0.113. The van der Waals surface area contributed by atoms with Crippen molar-refractivity contribution in [1.29, 1.82) is 0 Å². The van der Waals surface area contributed by atoms with E-state index < -0.39 is 0 Å². The number of hydrogen-bond donors (Lipinski definition) is 3. The molecule has 3 unspecified atom stereocenters. The first kappa shape index (κ1) is 20.2. The topological polar surface area (TPSA) is 72.0 Å². The van der Waals surface area contributed by atoms with Crippen molar-refractivity contribution >= 4 is 40.1 Å². The average Bonchev–Trinajstić information content (AvgIpc) is 3.38. The summed E-state index contributed by atoms with van der Waals surface area (Å²) in [6.45, 7) is 1.98. The molecule has 3 atom stereocenters. The number of nitrogens with one attached hydrogen (secondary N) is 3. The van der Waals surface area contributed by atoms with Gasteiger partial charge in [-0.1, -0.05) is 53.7 Å². The maximum absolute atomic E-state index is 12.4. The number of fused-ring (bicyclic) bond motifs is 3. The van der Waals surface area contributed by atoms with E-state index in [0.29, 0.717) is 5.75 Å². The van der Waals surface area contributed by atoms with Gasteiger partial charge < -0.3 is 15.2 Å². The van der Waals surface area contributed by atoms with E-state index in [2.05, 4.69) is 43.3 Å². The van der Waals surface area contributed by atoms with Gasteiger partial charge in [-0.3, -0.25) is 10.2 Å². The zero-order chi connectivity index (χ0) is 21.4. The summed E-state index contributed by atoms with van der Waals surface area (Å²) in [6.07, 6.45) is 5.00. The Kier molecular flexibility index (Phi) is 5.52. The molecule has 0 bridgehead atoms. The van der Waals surface area contributed by atoms with Gasteiger partial charge in [-0.15, -0.1) is 0 Å². The van der Waals surface area contributed by atoms with E-state index in [1.807, 2.05) is 55.7 Å². The molecule has 0 saturated carbocycles. The molecule has 3 N–H and O–H groups in total. The Morgan fingerprint density at radius 1 is 1.23 bits per heavy atom. The molecule has 3 heterocycles. The van der Waals surface area contributed by atoms with Crippen molar-refractivity contribution in [3.63, 3.8) is 0 Å². The molecule has 5 rings (SSSR count). The Balaban J connectivity index is 1.19. The molecular formula is C22H23ClN6OS. The van der Waals surface area contributed by atoms with Crippen molar-refractivity contribution in [2.24, 2.45) is 5.10 Å². The van der Waals surface area contributed by atoms with Gasteiger partial charge in [0.1, 0.15) is 6.17 Å². The number of thioether (sulfide) groups is 1. The third kappa shape index (κ3) is 4.11. The maximum Gasteiger partial charge on any atom is 0.234 e. The largest absolute Gasteiger partial charge is 0.325 e. The second-order valence-corrected chi connectivity index (χ2v) is 9.15. The highest BCUT2D eigenvalue weighted by Gasteiger charge is 2.44. The van der Waals surface area contributed by atoms with Crippen LogP contribution in [0.1, 0.15) is 23.6 Å². The molecule has 2 aromatic rings. The van der Waals surface area contributed by atoms with Crippen molar-refractivity contribution in [2.45, 2.75) is 31.6 Å². The van der Waals surface area contributed by atoms with Gasteiger partial charge in [0.2, 0.25) is 5.91 Å². The molecule has 3 aliphatic rings. The predicted octanol–water partition coefficient (Wildman–Crippen LogP) is 3.63. The monoisotopic (exact) mass is 454 g/mol. The summed E-state index contributed by atoms with van der Waals surface area (Å²) in [5, 5.41) is 11.2. The minimum atomic E-state index is -0.0431. The van der Waals surface area contributed by atoms with Crippen LogP contribution in [0.5, 0.6) is 0 Å². The number of halogens is 1. The van der Waals surface area contributed by atoms with E-state index in [-0.39, 0.29) is 24.2 Å². The third-order valence-electron chi connectivity index (χ3n) is 5.73. The van der Waals surface area contributed by atoms with E-state index in [1.54, 1.807) is 0 Å². The minimum Gasteiger partial charge on any atom is -0.325 e. The van der Waals surface area contributed by atoms with Crippen LogP contribution >= 0.6 is 23.4 Å². The van der Waals surface area contributed by atoms with Gasteiger partial charge in [0.15, 0.2) is 5.17 Å². The van der Waals surface area contributed by atoms with Crippen LogP contribution in [0.4, 0.5) is 5.69 Å². The number of carbonyl (C=O) groups is 1. The number of amides is 1. The van der Waals surface area contributed by atoms with Crippen LogP contribution in [0.25, 0.3) is 0 Å². The molecular weight excluding hydrogens is 432 g/mol. The number of carbonyl (C=O) groups excluding carboxylic acids is 1. The molecule has 0 aromatic heterocycles. The fourth-order valence-corrected chi connectivity index (χ4v) is 4.99. The van der Waals surface area contributed by atoms with Crippen LogP contribution in [0.3, 0.4) is 0 Å². The fraction of sp³-hybridized carbons (Fsp3) is 0.273. The molecule has 1 fully saturated rings. The number of anilines is 1. The molecule has 0 aliphatic carbocycles. The minimum absolute atomic E-state index is 0.0247. The van der Waals surface area contributed by atoms with E-state index in [1.165, 1.54) is 17.3 Å². The first-order chi connectivity index (χ1) is 15.1. The van der Waals surface area contributed by atoms with E-state index in [9.17, 15) is 4.79 Å². The van der Waals surface area contributed by atoms with Crippen LogP contribution in [0, 0.1) is 6.92 Å².